The number of benzene rings is 2. The molecule has 1 fully saturated rings. The van der Waals surface area contributed by atoms with Gasteiger partial charge < -0.3 is 10.2 Å². The Labute approximate surface area is 193 Å². The van der Waals surface area contributed by atoms with E-state index >= 15 is 0 Å². The number of nitrogens with one attached hydrogen (secondary N) is 1. The summed E-state index contributed by atoms with van der Waals surface area (Å²) in [7, 11) is 0. The van der Waals surface area contributed by atoms with Crippen molar-refractivity contribution in [2.24, 2.45) is 5.92 Å². The minimum atomic E-state index is -0.418. The van der Waals surface area contributed by atoms with Gasteiger partial charge in [0.15, 0.2) is 0 Å². The van der Waals surface area contributed by atoms with E-state index in [4.69, 9.17) is 0 Å². The van der Waals surface area contributed by atoms with E-state index in [9.17, 15) is 14.9 Å². The molecule has 3 heterocycles. The van der Waals surface area contributed by atoms with Crippen molar-refractivity contribution in [3.63, 3.8) is 0 Å². The van der Waals surface area contributed by atoms with E-state index in [1.807, 2.05) is 17.0 Å². The fraction of sp³-hybridized carbons (Fsp3) is 0.273. The summed E-state index contributed by atoms with van der Waals surface area (Å²) in [6.07, 6.45) is 3.52. The van der Waals surface area contributed by atoms with Crippen molar-refractivity contribution in [3.05, 3.63) is 64.5 Å². The van der Waals surface area contributed by atoms with Crippen molar-refractivity contribution in [1.29, 1.82) is 0 Å². The van der Waals surface area contributed by atoms with Crippen molar-refractivity contribution in [3.8, 4) is 10.6 Å². The Morgan fingerprint density at radius 1 is 1.21 bits per heavy atom. The number of rotatable bonds is 5. The molecule has 5 rings (SSSR count). The second-order valence-electron chi connectivity index (χ2n) is 8.13. The predicted molar refractivity (Wildman–Crippen MR) is 126 cm³/mol. The number of fused-ring (bicyclic) bond motifs is 1. The van der Waals surface area contributed by atoms with Crippen molar-refractivity contribution in [2.45, 2.75) is 19.8 Å². The smallest absolute Gasteiger partial charge is 0.293 e. The van der Waals surface area contributed by atoms with Crippen LogP contribution < -0.4 is 10.2 Å². The van der Waals surface area contributed by atoms with E-state index in [1.54, 1.807) is 28.8 Å². The van der Waals surface area contributed by atoms with Crippen LogP contribution >= 0.6 is 11.3 Å². The summed E-state index contributed by atoms with van der Waals surface area (Å²) in [4.78, 5) is 26.9. The van der Waals surface area contributed by atoms with Gasteiger partial charge in [-0.1, -0.05) is 30.4 Å². The molecule has 4 aromatic rings. The number of nitrogens with zero attached hydrogens (tertiary/aromatic N) is 6. The zero-order valence-electron chi connectivity index (χ0n) is 17.8. The summed E-state index contributed by atoms with van der Waals surface area (Å²) in [6.45, 7) is 3.74. The highest BCUT2D eigenvalue weighted by molar-refractivity contribution is 7.19. The Kier molecular flexibility index (Phi) is 5.47. The Morgan fingerprint density at radius 3 is 2.79 bits per heavy atom. The molecule has 168 valence electrons. The molecular formula is C22H21N7O3S. The van der Waals surface area contributed by atoms with Gasteiger partial charge in [-0.3, -0.25) is 14.9 Å². The Hall–Kier alpha value is -3.86. The van der Waals surface area contributed by atoms with Gasteiger partial charge in [-0.2, -0.15) is 9.61 Å². The summed E-state index contributed by atoms with van der Waals surface area (Å²) in [5.74, 6) is 0.208. The minimum absolute atomic E-state index is 0.0503. The highest BCUT2D eigenvalue weighted by atomic mass is 32.1. The molecule has 33 heavy (non-hydrogen) atoms. The number of carbonyl (C=O) groups is 1. The third-order valence-electron chi connectivity index (χ3n) is 5.81. The molecule has 0 spiro atoms. The van der Waals surface area contributed by atoms with Gasteiger partial charge in [0, 0.05) is 36.0 Å². The van der Waals surface area contributed by atoms with E-state index in [-0.39, 0.29) is 11.3 Å². The van der Waals surface area contributed by atoms with Gasteiger partial charge >= 0.3 is 0 Å². The van der Waals surface area contributed by atoms with Crippen molar-refractivity contribution >= 4 is 39.3 Å². The second kappa shape index (κ2) is 8.58. The fourth-order valence-corrected chi connectivity index (χ4v) is 4.75. The zero-order valence-corrected chi connectivity index (χ0v) is 18.7. The molecule has 0 radical (unpaired) electrons. The van der Waals surface area contributed by atoms with Gasteiger partial charge in [0.25, 0.3) is 11.6 Å². The molecule has 0 unspecified atom stereocenters. The van der Waals surface area contributed by atoms with Crippen LogP contribution in [0, 0.1) is 16.0 Å². The molecule has 1 amide bonds. The molecule has 10 nitrogen and oxygen atoms in total. The molecule has 2 aromatic heterocycles. The van der Waals surface area contributed by atoms with Crippen LogP contribution in [0.1, 0.15) is 30.1 Å². The van der Waals surface area contributed by atoms with Gasteiger partial charge in [0.2, 0.25) is 4.96 Å². The first-order chi connectivity index (χ1) is 16.0. The molecule has 1 N–H and O–H groups in total. The highest BCUT2D eigenvalue weighted by Crippen LogP contribution is 2.33. The highest BCUT2D eigenvalue weighted by Gasteiger charge is 2.25. The van der Waals surface area contributed by atoms with Crippen molar-refractivity contribution in [1.82, 2.24) is 19.8 Å². The third kappa shape index (κ3) is 4.27. The average Bonchev–Trinajstić information content (AvgIpc) is 3.42. The largest absolute Gasteiger partial charge is 0.366 e. The Bertz CT molecular complexity index is 1310. The molecular weight excluding hydrogens is 442 g/mol. The van der Waals surface area contributed by atoms with Gasteiger partial charge in [0.05, 0.1) is 4.92 Å². The van der Waals surface area contributed by atoms with E-state index in [2.05, 4.69) is 27.5 Å². The van der Waals surface area contributed by atoms with Crippen LogP contribution in [-0.4, -0.2) is 43.7 Å². The first-order valence-corrected chi connectivity index (χ1v) is 11.4. The predicted octanol–water partition coefficient (Wildman–Crippen LogP) is 4.25. The van der Waals surface area contributed by atoms with Crippen LogP contribution in [0.3, 0.4) is 0 Å². The molecule has 0 bridgehead atoms. The first-order valence-electron chi connectivity index (χ1n) is 10.6. The SMILES string of the molecule is CC1CCN(c2ccc(C(=O)Nc3cccc(-c4nn5cnnc5s4)c3)cc2[N+](=O)[O-])CC1. The molecule has 1 aliphatic heterocycles. The Balaban J connectivity index is 1.37. The van der Waals surface area contributed by atoms with Crippen molar-refractivity contribution < 1.29 is 9.72 Å². The number of aromatic nitrogens is 4. The maximum atomic E-state index is 12.9. The normalized spacial score (nSPS) is 14.5. The van der Waals surface area contributed by atoms with Gasteiger partial charge in [-0.25, -0.2) is 0 Å². The quantitative estimate of drug-likeness (QED) is 0.347. The maximum Gasteiger partial charge on any atom is 0.293 e. The molecule has 0 atom stereocenters. The second-order valence-corrected chi connectivity index (χ2v) is 9.09. The number of hydrogen-bond donors (Lipinski definition) is 1. The molecule has 0 aliphatic carbocycles. The first kappa shape index (κ1) is 21.0. The van der Waals surface area contributed by atoms with Gasteiger partial charge in [-0.15, -0.1) is 10.2 Å². The zero-order chi connectivity index (χ0) is 22.9. The molecule has 2 aromatic carbocycles. The van der Waals surface area contributed by atoms with Crippen LogP contribution in [0.15, 0.2) is 48.8 Å². The number of anilines is 2. The number of hydrogen-bond acceptors (Lipinski definition) is 8. The van der Waals surface area contributed by atoms with Gasteiger partial charge in [0.1, 0.15) is 17.0 Å². The number of piperidine rings is 1. The summed E-state index contributed by atoms with van der Waals surface area (Å²) in [5.41, 5.74) is 2.14. The number of amides is 1. The lowest BCUT2D eigenvalue weighted by atomic mass is 9.98. The number of carbonyl (C=O) groups excluding carboxylic acids is 1. The van der Waals surface area contributed by atoms with E-state index in [1.165, 1.54) is 23.7 Å². The Morgan fingerprint density at radius 2 is 2.03 bits per heavy atom. The number of nitro groups is 1. The molecule has 1 aliphatic rings. The molecule has 0 saturated carbocycles. The summed E-state index contributed by atoms with van der Waals surface area (Å²) >= 11 is 1.39. The topological polar surface area (TPSA) is 119 Å². The van der Waals surface area contributed by atoms with Gasteiger partial charge in [-0.05, 0) is 43.0 Å². The average molecular weight is 464 g/mol. The summed E-state index contributed by atoms with van der Waals surface area (Å²) < 4.78 is 1.59. The standard InChI is InChI=1S/C22H21N7O3S/c1-14-7-9-27(10-8-14)18-6-5-15(12-19(18)29(31)32)20(30)24-17-4-2-3-16(11-17)21-26-28-13-23-25-22(28)33-21/h2-6,11-14H,7-10H2,1H3,(H,24,30). The van der Waals surface area contributed by atoms with E-state index < -0.39 is 10.8 Å². The lowest BCUT2D eigenvalue weighted by Gasteiger charge is -2.31. The monoisotopic (exact) mass is 463 g/mol. The summed E-state index contributed by atoms with van der Waals surface area (Å²) in [6, 6.07) is 12.0. The fourth-order valence-electron chi connectivity index (χ4n) is 3.94. The van der Waals surface area contributed by atoms with Crippen LogP contribution in [-0.2, 0) is 0 Å². The van der Waals surface area contributed by atoms with Crippen LogP contribution in [0.4, 0.5) is 17.1 Å². The third-order valence-corrected chi connectivity index (χ3v) is 6.77. The van der Waals surface area contributed by atoms with Crippen molar-refractivity contribution in [2.75, 3.05) is 23.3 Å². The number of nitro benzene ring substituents is 1. The van der Waals surface area contributed by atoms with Crippen LogP contribution in [0.2, 0.25) is 0 Å². The van der Waals surface area contributed by atoms with E-state index in [0.29, 0.717) is 22.3 Å². The minimum Gasteiger partial charge on any atom is -0.366 e. The van der Waals surface area contributed by atoms with E-state index in [0.717, 1.165) is 36.5 Å². The van der Waals surface area contributed by atoms with Crippen LogP contribution in [0.5, 0.6) is 0 Å². The lowest BCUT2D eigenvalue weighted by molar-refractivity contribution is -0.384. The maximum absolute atomic E-state index is 12.9. The lowest BCUT2D eigenvalue weighted by Crippen LogP contribution is -2.33. The summed E-state index contributed by atoms with van der Waals surface area (Å²) in [5, 5.41) is 27.5. The van der Waals surface area contributed by atoms with Crippen LogP contribution in [0.25, 0.3) is 15.5 Å². The molecule has 11 heteroatoms. The molecule has 1 saturated heterocycles.